The fourth-order valence-corrected chi connectivity index (χ4v) is 5.27. The number of aryl methyl sites for hydroxylation is 1. The van der Waals surface area contributed by atoms with Crippen molar-refractivity contribution in [1.82, 2.24) is 14.4 Å². The second-order valence-electron chi connectivity index (χ2n) is 9.55. The van der Waals surface area contributed by atoms with E-state index in [0.717, 1.165) is 17.0 Å². The summed E-state index contributed by atoms with van der Waals surface area (Å²) in [7, 11) is 2.04. The lowest BCUT2D eigenvalue weighted by Crippen LogP contribution is -2.56. The van der Waals surface area contributed by atoms with E-state index in [1.54, 1.807) is 12.1 Å². The number of halogens is 3. The van der Waals surface area contributed by atoms with E-state index in [9.17, 15) is 18.0 Å². The smallest absolute Gasteiger partial charge is 0.394 e. The van der Waals surface area contributed by atoms with Crippen LogP contribution in [0.4, 0.5) is 13.2 Å². The van der Waals surface area contributed by atoms with Gasteiger partial charge in [-0.15, -0.1) is 0 Å². The van der Waals surface area contributed by atoms with Crippen LogP contribution in [0.25, 0.3) is 0 Å². The predicted octanol–water partition coefficient (Wildman–Crippen LogP) is 4.77. The lowest BCUT2D eigenvalue weighted by Gasteiger charge is -2.50. The Bertz CT molecular complexity index is 1020. The molecular weight excluding hydrogens is 431 g/mol. The number of carbonyl (C=O) groups is 1. The number of likely N-dealkylation sites (tertiary alicyclic amines) is 1. The highest BCUT2D eigenvalue weighted by molar-refractivity contribution is 5.94. The molecule has 0 aliphatic carbocycles. The quantitative estimate of drug-likeness (QED) is 0.656. The topological polar surface area (TPSA) is 37.7 Å². The van der Waals surface area contributed by atoms with Crippen molar-refractivity contribution in [3.63, 3.8) is 0 Å². The Kier molecular flexibility index (Phi) is 6.24. The average molecular weight is 464 g/mol. The van der Waals surface area contributed by atoms with Gasteiger partial charge in [0.1, 0.15) is 5.75 Å². The van der Waals surface area contributed by atoms with E-state index in [-0.39, 0.29) is 17.6 Å². The van der Waals surface area contributed by atoms with Crippen LogP contribution in [-0.2, 0) is 18.5 Å². The third-order valence-corrected chi connectivity index (χ3v) is 6.98. The predicted molar refractivity (Wildman–Crippen MR) is 121 cm³/mol. The van der Waals surface area contributed by atoms with E-state index >= 15 is 0 Å². The largest absolute Gasteiger partial charge is 0.491 e. The Hall–Kier alpha value is -2.48. The third-order valence-electron chi connectivity index (χ3n) is 6.98. The summed E-state index contributed by atoms with van der Waals surface area (Å²) in [6, 6.07) is 8.98. The molecule has 0 radical (unpaired) electrons. The van der Waals surface area contributed by atoms with Gasteiger partial charge >= 0.3 is 6.18 Å². The minimum absolute atomic E-state index is 0.0179. The Morgan fingerprint density at radius 1 is 1.09 bits per heavy atom. The molecule has 5 nitrogen and oxygen atoms in total. The van der Waals surface area contributed by atoms with E-state index in [4.69, 9.17) is 4.74 Å². The number of fused-ring (bicyclic) bond motifs is 2. The van der Waals surface area contributed by atoms with Gasteiger partial charge in [-0.3, -0.25) is 9.69 Å². The van der Waals surface area contributed by atoms with Gasteiger partial charge in [0, 0.05) is 43.1 Å². The Balaban J connectivity index is 1.51. The molecule has 2 aliphatic heterocycles. The average Bonchev–Trinajstić information content (AvgIpc) is 3.14. The van der Waals surface area contributed by atoms with Crippen LogP contribution < -0.4 is 4.74 Å². The van der Waals surface area contributed by atoms with E-state index < -0.39 is 12.6 Å². The zero-order chi connectivity index (χ0) is 24.0. The molecule has 1 fully saturated rings. The number of carbonyl (C=O) groups excluding carboxylic acids is 1. The SMILES string of the molecule is Cc1cc(C(=O)N2CCC3(CC2)c2ccc(CC(F)(F)F)n2CCN3C)ccc1OC(C)C. The highest BCUT2D eigenvalue weighted by Crippen LogP contribution is 2.42. The van der Waals surface area contributed by atoms with Crippen LogP contribution in [0, 0.1) is 6.92 Å². The van der Waals surface area contributed by atoms with Gasteiger partial charge in [-0.05, 0) is 76.6 Å². The molecule has 0 N–H and O–H groups in total. The molecule has 0 atom stereocenters. The standard InChI is InChI=1S/C25H32F3N3O2/c1-17(2)33-21-7-5-19(15-18(21)3)23(32)30-11-9-24(10-12-30)22-8-6-20(16-25(26,27)28)31(22)14-13-29(24)4/h5-8,15,17H,9-14,16H2,1-4H3. The van der Waals surface area contributed by atoms with Crippen molar-refractivity contribution in [3.05, 3.63) is 52.8 Å². The van der Waals surface area contributed by atoms with Gasteiger partial charge in [-0.1, -0.05) is 0 Å². The molecule has 2 aliphatic rings. The van der Waals surface area contributed by atoms with Crippen molar-refractivity contribution in [2.75, 3.05) is 26.7 Å². The molecule has 33 heavy (non-hydrogen) atoms. The molecule has 0 unspecified atom stereocenters. The van der Waals surface area contributed by atoms with Crippen LogP contribution in [0.5, 0.6) is 5.75 Å². The number of nitrogens with zero attached hydrogens (tertiary/aromatic N) is 3. The maximum atomic E-state index is 13.2. The van der Waals surface area contributed by atoms with Gasteiger partial charge < -0.3 is 14.2 Å². The zero-order valence-corrected chi connectivity index (χ0v) is 19.7. The summed E-state index contributed by atoms with van der Waals surface area (Å²) in [5.74, 6) is 0.758. The minimum atomic E-state index is -4.23. The van der Waals surface area contributed by atoms with Crippen molar-refractivity contribution < 1.29 is 22.7 Å². The molecule has 1 aromatic heterocycles. The summed E-state index contributed by atoms with van der Waals surface area (Å²) in [5, 5.41) is 0. The van der Waals surface area contributed by atoms with Crippen LogP contribution >= 0.6 is 0 Å². The van der Waals surface area contributed by atoms with Crippen molar-refractivity contribution in [2.24, 2.45) is 0 Å². The van der Waals surface area contributed by atoms with E-state index in [1.807, 2.05) is 55.5 Å². The van der Waals surface area contributed by atoms with Crippen LogP contribution in [0.3, 0.4) is 0 Å². The second kappa shape index (κ2) is 8.70. The Labute approximate surface area is 193 Å². The summed E-state index contributed by atoms with van der Waals surface area (Å²) < 4.78 is 46.7. The van der Waals surface area contributed by atoms with Crippen molar-refractivity contribution in [1.29, 1.82) is 0 Å². The molecule has 1 spiro atoms. The summed E-state index contributed by atoms with van der Waals surface area (Å²) >= 11 is 0. The van der Waals surface area contributed by atoms with Gasteiger partial charge in [-0.25, -0.2) is 0 Å². The summed E-state index contributed by atoms with van der Waals surface area (Å²) in [6.07, 6.45) is -3.69. The molecule has 8 heteroatoms. The number of benzene rings is 1. The third kappa shape index (κ3) is 4.63. The molecule has 0 saturated carbocycles. The van der Waals surface area contributed by atoms with Crippen LogP contribution in [0.2, 0.25) is 0 Å². The van der Waals surface area contributed by atoms with E-state index in [0.29, 0.717) is 50.3 Å². The Morgan fingerprint density at radius 3 is 2.39 bits per heavy atom. The Morgan fingerprint density at radius 2 is 1.79 bits per heavy atom. The molecule has 1 aromatic carbocycles. The van der Waals surface area contributed by atoms with Gasteiger partial charge in [0.15, 0.2) is 0 Å². The van der Waals surface area contributed by atoms with Crippen molar-refractivity contribution in [3.8, 4) is 5.75 Å². The lowest BCUT2D eigenvalue weighted by atomic mass is 9.81. The normalized spacial score (nSPS) is 18.6. The number of rotatable bonds is 4. The van der Waals surface area contributed by atoms with Gasteiger partial charge in [0.2, 0.25) is 0 Å². The number of alkyl halides is 3. The van der Waals surface area contributed by atoms with E-state index in [1.165, 1.54) is 0 Å². The summed E-state index contributed by atoms with van der Waals surface area (Å²) in [6.45, 7) is 8.23. The number of likely N-dealkylation sites (N-methyl/N-ethyl adjacent to an activating group) is 1. The number of ether oxygens (including phenoxy) is 1. The fourth-order valence-electron chi connectivity index (χ4n) is 5.27. The van der Waals surface area contributed by atoms with Gasteiger partial charge in [0.25, 0.3) is 5.91 Å². The molecule has 0 bridgehead atoms. The fraction of sp³-hybridized carbons (Fsp3) is 0.560. The van der Waals surface area contributed by atoms with Gasteiger partial charge in [-0.2, -0.15) is 13.2 Å². The maximum Gasteiger partial charge on any atom is 0.394 e. The number of piperidine rings is 1. The van der Waals surface area contributed by atoms with Crippen molar-refractivity contribution in [2.45, 2.75) is 64.4 Å². The number of hydrogen-bond acceptors (Lipinski definition) is 3. The number of amides is 1. The first-order chi connectivity index (χ1) is 15.5. The molecule has 180 valence electrons. The monoisotopic (exact) mass is 463 g/mol. The molecule has 3 heterocycles. The summed E-state index contributed by atoms with van der Waals surface area (Å²) in [4.78, 5) is 17.3. The maximum absolute atomic E-state index is 13.2. The first-order valence-corrected chi connectivity index (χ1v) is 11.5. The van der Waals surface area contributed by atoms with Crippen molar-refractivity contribution >= 4 is 5.91 Å². The second-order valence-corrected chi connectivity index (χ2v) is 9.55. The van der Waals surface area contributed by atoms with Gasteiger partial charge in [0.05, 0.1) is 18.1 Å². The first kappa shape index (κ1) is 23.7. The number of aromatic nitrogens is 1. The van der Waals surface area contributed by atoms with Crippen LogP contribution in [0.1, 0.15) is 54.0 Å². The van der Waals surface area contributed by atoms with Crippen LogP contribution in [-0.4, -0.2) is 59.2 Å². The molecule has 2 aromatic rings. The molecule has 1 saturated heterocycles. The van der Waals surface area contributed by atoms with Crippen LogP contribution in [0.15, 0.2) is 30.3 Å². The number of hydrogen-bond donors (Lipinski definition) is 0. The zero-order valence-electron chi connectivity index (χ0n) is 19.7. The highest BCUT2D eigenvalue weighted by atomic mass is 19.4. The van der Waals surface area contributed by atoms with E-state index in [2.05, 4.69) is 4.90 Å². The highest BCUT2D eigenvalue weighted by Gasteiger charge is 2.45. The minimum Gasteiger partial charge on any atom is -0.491 e. The molecule has 4 rings (SSSR count). The first-order valence-electron chi connectivity index (χ1n) is 11.5. The lowest BCUT2D eigenvalue weighted by molar-refractivity contribution is -0.128. The molecule has 1 amide bonds. The summed E-state index contributed by atoms with van der Waals surface area (Å²) in [5.41, 5.74) is 2.47. The molecular formula is C25H32F3N3O2.